The maximum atomic E-state index is 13.2. The molecule has 1 fully saturated rings. The van der Waals surface area contributed by atoms with Crippen LogP contribution in [0.5, 0.6) is 0 Å². The molecule has 5 heteroatoms. The van der Waals surface area contributed by atoms with Gasteiger partial charge in [-0.1, -0.05) is 6.07 Å². The van der Waals surface area contributed by atoms with Gasteiger partial charge in [0.15, 0.2) is 0 Å². The van der Waals surface area contributed by atoms with Crippen molar-refractivity contribution >= 4 is 11.6 Å². The van der Waals surface area contributed by atoms with Crippen LogP contribution in [0.25, 0.3) is 11.3 Å². The van der Waals surface area contributed by atoms with Crippen molar-refractivity contribution in [3.05, 3.63) is 83.8 Å². The number of piperidine rings is 1. The van der Waals surface area contributed by atoms with Crippen molar-refractivity contribution in [3.63, 3.8) is 0 Å². The Morgan fingerprint density at radius 1 is 1.03 bits per heavy atom. The quantitative estimate of drug-likeness (QED) is 0.617. The maximum Gasteiger partial charge on any atom is 0.253 e. The number of nitrogens with zero attached hydrogens (tertiary/aromatic N) is 3. The summed E-state index contributed by atoms with van der Waals surface area (Å²) in [6.45, 7) is 1.43. The van der Waals surface area contributed by atoms with Crippen LogP contribution in [0.4, 0.5) is 10.1 Å². The van der Waals surface area contributed by atoms with E-state index in [1.54, 1.807) is 12.1 Å². The Morgan fingerprint density at radius 2 is 1.77 bits per heavy atom. The Balaban J connectivity index is 1.50. The van der Waals surface area contributed by atoms with Crippen molar-refractivity contribution in [2.24, 2.45) is 0 Å². The number of anilines is 1. The average molecular weight is 404 g/mol. The number of hydrogen-bond donors (Lipinski definition) is 0. The molecule has 1 saturated heterocycles. The van der Waals surface area contributed by atoms with Gasteiger partial charge in [-0.05, 0) is 73.5 Å². The molecule has 154 valence electrons. The van der Waals surface area contributed by atoms with Crippen LogP contribution in [0.15, 0.2) is 66.7 Å². The van der Waals surface area contributed by atoms with E-state index in [9.17, 15) is 9.18 Å². The van der Waals surface area contributed by atoms with Crippen LogP contribution < -0.4 is 4.90 Å². The minimum Gasteiger partial charge on any atom is -0.378 e. The molecule has 1 aliphatic heterocycles. The molecular formula is C25H26FN3O. The van der Waals surface area contributed by atoms with E-state index >= 15 is 0 Å². The summed E-state index contributed by atoms with van der Waals surface area (Å²) < 4.78 is 13.2. The molecule has 0 saturated carbocycles. The summed E-state index contributed by atoms with van der Waals surface area (Å²) in [6, 6.07) is 20.1. The molecule has 2 aromatic carbocycles. The van der Waals surface area contributed by atoms with Gasteiger partial charge < -0.3 is 9.80 Å². The number of carbonyl (C=O) groups excluding carboxylic acids is 1. The zero-order chi connectivity index (χ0) is 21.1. The molecule has 4 nitrogen and oxygen atoms in total. The summed E-state index contributed by atoms with van der Waals surface area (Å²) in [5.74, 6) is 0.0128. The second kappa shape index (κ2) is 8.66. The summed E-state index contributed by atoms with van der Waals surface area (Å²) in [4.78, 5) is 21.8. The molecule has 1 aromatic heterocycles. The summed E-state index contributed by atoms with van der Waals surface area (Å²) in [6.07, 6.45) is 1.96. The Morgan fingerprint density at radius 3 is 2.47 bits per heavy atom. The third-order valence-electron chi connectivity index (χ3n) is 5.67. The normalized spacial score (nSPS) is 16.4. The van der Waals surface area contributed by atoms with Crippen LogP contribution in [0.2, 0.25) is 0 Å². The highest BCUT2D eigenvalue weighted by Crippen LogP contribution is 2.28. The highest BCUT2D eigenvalue weighted by molar-refractivity contribution is 5.94. The standard InChI is InChI=1S/C25H26FN3O/c1-28(2)22-14-10-19(11-15-22)25(30)29-16-4-5-20(17-29)24-7-3-6-23(27-24)18-8-12-21(26)13-9-18/h3,6-15,20H,4-5,16-17H2,1-2H3/t20-/m0/s1. The molecule has 0 spiro atoms. The van der Waals surface area contributed by atoms with Crippen LogP contribution in [0, 0.1) is 5.82 Å². The second-order valence-electron chi connectivity index (χ2n) is 7.99. The third-order valence-corrected chi connectivity index (χ3v) is 5.67. The van der Waals surface area contributed by atoms with E-state index in [2.05, 4.69) is 0 Å². The number of pyridine rings is 1. The van der Waals surface area contributed by atoms with Gasteiger partial charge in [0.2, 0.25) is 0 Å². The monoisotopic (exact) mass is 403 g/mol. The molecule has 3 aromatic rings. The van der Waals surface area contributed by atoms with Gasteiger partial charge in [-0.15, -0.1) is 0 Å². The molecule has 1 aliphatic rings. The number of rotatable bonds is 4. The van der Waals surface area contributed by atoms with Crippen molar-refractivity contribution in [2.45, 2.75) is 18.8 Å². The van der Waals surface area contributed by atoms with Crippen molar-refractivity contribution in [2.75, 3.05) is 32.1 Å². The smallest absolute Gasteiger partial charge is 0.253 e. The van der Waals surface area contributed by atoms with E-state index in [1.165, 1.54) is 12.1 Å². The van der Waals surface area contributed by atoms with Gasteiger partial charge >= 0.3 is 0 Å². The Kier molecular flexibility index (Phi) is 5.79. The van der Waals surface area contributed by atoms with Crippen molar-refractivity contribution in [3.8, 4) is 11.3 Å². The molecule has 4 rings (SSSR count). The first-order valence-electron chi connectivity index (χ1n) is 10.3. The van der Waals surface area contributed by atoms with Crippen LogP contribution in [0.3, 0.4) is 0 Å². The van der Waals surface area contributed by atoms with Gasteiger partial charge in [0, 0.05) is 55.6 Å². The Labute approximate surface area is 177 Å². The van der Waals surface area contributed by atoms with Gasteiger partial charge in [-0.2, -0.15) is 0 Å². The molecule has 1 atom stereocenters. The van der Waals surface area contributed by atoms with E-state index < -0.39 is 0 Å². The van der Waals surface area contributed by atoms with Crippen LogP contribution in [-0.4, -0.2) is 43.0 Å². The number of hydrogen-bond acceptors (Lipinski definition) is 3. The molecular weight excluding hydrogens is 377 g/mol. The first-order valence-corrected chi connectivity index (χ1v) is 10.3. The van der Waals surface area contributed by atoms with Crippen molar-refractivity contribution in [1.82, 2.24) is 9.88 Å². The van der Waals surface area contributed by atoms with E-state index in [1.807, 2.05) is 66.4 Å². The van der Waals surface area contributed by atoms with Crippen LogP contribution in [-0.2, 0) is 0 Å². The lowest BCUT2D eigenvalue weighted by Crippen LogP contribution is -2.39. The van der Waals surface area contributed by atoms with Crippen molar-refractivity contribution in [1.29, 1.82) is 0 Å². The lowest BCUT2D eigenvalue weighted by molar-refractivity contribution is 0.0706. The van der Waals surface area contributed by atoms with Gasteiger partial charge in [0.25, 0.3) is 5.91 Å². The number of aromatic nitrogens is 1. The molecule has 30 heavy (non-hydrogen) atoms. The first-order chi connectivity index (χ1) is 14.5. The van der Waals surface area contributed by atoms with E-state index in [0.717, 1.165) is 42.0 Å². The van der Waals surface area contributed by atoms with Crippen LogP contribution >= 0.6 is 0 Å². The van der Waals surface area contributed by atoms with E-state index in [4.69, 9.17) is 4.98 Å². The molecule has 0 unspecified atom stereocenters. The number of carbonyl (C=O) groups is 1. The second-order valence-corrected chi connectivity index (χ2v) is 7.99. The SMILES string of the molecule is CN(C)c1ccc(C(=O)N2CCC[C@H](c3cccc(-c4ccc(F)cc4)n3)C2)cc1. The van der Waals surface area contributed by atoms with Gasteiger partial charge in [0.05, 0.1) is 5.69 Å². The number of likely N-dealkylation sites (tertiary alicyclic amines) is 1. The zero-order valence-corrected chi connectivity index (χ0v) is 17.4. The predicted octanol–water partition coefficient (Wildman–Crippen LogP) is 4.97. The minimum atomic E-state index is -0.255. The van der Waals surface area contributed by atoms with E-state index in [0.29, 0.717) is 12.1 Å². The Hall–Kier alpha value is -3.21. The summed E-state index contributed by atoms with van der Waals surface area (Å²) >= 11 is 0. The fourth-order valence-electron chi connectivity index (χ4n) is 3.95. The summed E-state index contributed by atoms with van der Waals surface area (Å²) in [5.41, 5.74) is 4.50. The average Bonchev–Trinajstić information content (AvgIpc) is 2.79. The minimum absolute atomic E-state index is 0.0692. The third kappa shape index (κ3) is 4.35. The van der Waals surface area contributed by atoms with Crippen LogP contribution in [0.1, 0.15) is 34.8 Å². The molecule has 2 heterocycles. The Bertz CT molecular complexity index is 1020. The molecule has 0 radical (unpaired) electrons. The summed E-state index contributed by atoms with van der Waals surface area (Å²) in [5, 5.41) is 0. The van der Waals surface area contributed by atoms with Crippen molar-refractivity contribution < 1.29 is 9.18 Å². The fraction of sp³-hybridized carbons (Fsp3) is 0.280. The predicted molar refractivity (Wildman–Crippen MR) is 118 cm³/mol. The number of benzene rings is 2. The lowest BCUT2D eigenvalue weighted by Gasteiger charge is -2.33. The highest BCUT2D eigenvalue weighted by atomic mass is 19.1. The first kappa shape index (κ1) is 20.1. The van der Waals surface area contributed by atoms with Gasteiger partial charge in [-0.25, -0.2) is 4.39 Å². The number of halogens is 1. The molecule has 0 N–H and O–H groups in total. The lowest BCUT2D eigenvalue weighted by atomic mass is 9.93. The highest BCUT2D eigenvalue weighted by Gasteiger charge is 2.26. The number of amides is 1. The fourth-order valence-corrected chi connectivity index (χ4v) is 3.95. The van der Waals surface area contributed by atoms with Gasteiger partial charge in [-0.3, -0.25) is 9.78 Å². The topological polar surface area (TPSA) is 36.4 Å². The maximum absolute atomic E-state index is 13.2. The van der Waals surface area contributed by atoms with Gasteiger partial charge in [0.1, 0.15) is 5.82 Å². The zero-order valence-electron chi connectivity index (χ0n) is 17.4. The molecule has 0 bridgehead atoms. The molecule has 1 amide bonds. The molecule has 0 aliphatic carbocycles. The summed E-state index contributed by atoms with van der Waals surface area (Å²) in [7, 11) is 3.97. The largest absolute Gasteiger partial charge is 0.378 e. The van der Waals surface area contributed by atoms with E-state index in [-0.39, 0.29) is 17.6 Å².